The van der Waals surface area contributed by atoms with Gasteiger partial charge in [0.2, 0.25) is 5.91 Å². The maximum Gasteiger partial charge on any atom is 0.220 e. The molecule has 0 bridgehead atoms. The number of phenolic OH excluding ortho intramolecular Hbond substituents is 1. The smallest absolute Gasteiger partial charge is 0.220 e. The van der Waals surface area contributed by atoms with E-state index < -0.39 is 0 Å². The molecule has 0 aliphatic rings. The Morgan fingerprint density at radius 3 is 2.27 bits per heavy atom. The highest BCUT2D eigenvalue weighted by molar-refractivity contribution is 5.76. The van der Waals surface area contributed by atoms with Crippen molar-refractivity contribution in [2.75, 3.05) is 13.2 Å². The van der Waals surface area contributed by atoms with Crippen LogP contribution in [0.5, 0.6) is 5.75 Å². The molecule has 0 saturated heterocycles. The van der Waals surface area contributed by atoms with E-state index in [1.54, 1.807) is 24.3 Å². The van der Waals surface area contributed by atoms with Crippen molar-refractivity contribution in [2.45, 2.75) is 51.0 Å². The second-order valence-corrected chi connectivity index (χ2v) is 5.56. The number of nitrogens with one attached hydrogen (secondary N) is 1. The highest BCUT2D eigenvalue weighted by atomic mass is 16.3. The minimum absolute atomic E-state index is 0.0417. The first-order chi connectivity index (χ1) is 10.7. The van der Waals surface area contributed by atoms with E-state index in [1.807, 2.05) is 0 Å². The average Bonchev–Trinajstić information content (AvgIpc) is 2.52. The van der Waals surface area contributed by atoms with E-state index in [-0.39, 0.29) is 30.9 Å². The van der Waals surface area contributed by atoms with Crippen molar-refractivity contribution in [2.24, 2.45) is 0 Å². The fourth-order valence-corrected chi connectivity index (χ4v) is 2.31. The van der Waals surface area contributed by atoms with E-state index in [0.717, 1.165) is 37.7 Å². The zero-order valence-corrected chi connectivity index (χ0v) is 13.0. The number of aliphatic hydroxyl groups is 2. The molecule has 1 aromatic carbocycles. The Kier molecular flexibility index (Phi) is 9.26. The van der Waals surface area contributed by atoms with Gasteiger partial charge in [0.05, 0.1) is 12.6 Å². The Bertz CT molecular complexity index is 419. The fraction of sp³-hybridized carbons (Fsp3) is 0.588. The van der Waals surface area contributed by atoms with Gasteiger partial charge in [0.25, 0.3) is 0 Å². The summed E-state index contributed by atoms with van der Waals surface area (Å²) in [5, 5.41) is 30.1. The largest absolute Gasteiger partial charge is 0.508 e. The van der Waals surface area contributed by atoms with Gasteiger partial charge in [-0.05, 0) is 37.0 Å². The Balaban J connectivity index is 2.24. The number of aliphatic hydroxyl groups excluding tert-OH is 2. The molecule has 0 aliphatic heterocycles. The molecule has 5 heteroatoms. The fourth-order valence-electron chi connectivity index (χ4n) is 2.31. The van der Waals surface area contributed by atoms with Gasteiger partial charge in [-0.2, -0.15) is 0 Å². The molecule has 0 spiro atoms. The first-order valence-electron chi connectivity index (χ1n) is 7.94. The summed E-state index contributed by atoms with van der Waals surface area (Å²) in [6.07, 6.45) is 5.67. The van der Waals surface area contributed by atoms with Crippen LogP contribution in [0.4, 0.5) is 0 Å². The zero-order chi connectivity index (χ0) is 16.2. The van der Waals surface area contributed by atoms with Crippen molar-refractivity contribution in [3.8, 4) is 5.75 Å². The Labute approximate surface area is 132 Å². The van der Waals surface area contributed by atoms with Crippen molar-refractivity contribution < 1.29 is 20.1 Å². The molecule has 1 rings (SSSR count). The molecule has 5 nitrogen and oxygen atoms in total. The topological polar surface area (TPSA) is 89.8 Å². The lowest BCUT2D eigenvalue weighted by Crippen LogP contribution is -2.38. The first kappa shape index (κ1) is 18.5. The predicted molar refractivity (Wildman–Crippen MR) is 85.6 cm³/mol. The SMILES string of the molecule is O=C(CCCCCCCO)N[C@@H](CO)Cc1ccc(O)cc1. The molecule has 0 radical (unpaired) electrons. The van der Waals surface area contributed by atoms with Crippen molar-refractivity contribution in [3.63, 3.8) is 0 Å². The van der Waals surface area contributed by atoms with Gasteiger partial charge in [0.15, 0.2) is 0 Å². The van der Waals surface area contributed by atoms with Crippen LogP contribution in [0.3, 0.4) is 0 Å². The molecule has 22 heavy (non-hydrogen) atoms. The Morgan fingerprint density at radius 1 is 1.00 bits per heavy atom. The summed E-state index contributed by atoms with van der Waals surface area (Å²) in [6, 6.07) is 6.46. The minimum atomic E-state index is -0.300. The normalized spacial score (nSPS) is 12.1. The summed E-state index contributed by atoms with van der Waals surface area (Å²) < 4.78 is 0. The third-order valence-corrected chi connectivity index (χ3v) is 3.57. The van der Waals surface area contributed by atoms with E-state index in [0.29, 0.717) is 12.8 Å². The second kappa shape index (κ2) is 11.0. The molecular weight excluding hydrogens is 282 g/mol. The monoisotopic (exact) mass is 309 g/mol. The lowest BCUT2D eigenvalue weighted by Gasteiger charge is -2.16. The van der Waals surface area contributed by atoms with E-state index in [4.69, 9.17) is 5.11 Å². The van der Waals surface area contributed by atoms with Crippen LogP contribution in [0.2, 0.25) is 0 Å². The molecule has 124 valence electrons. The van der Waals surface area contributed by atoms with Crippen LogP contribution in [0.25, 0.3) is 0 Å². The summed E-state index contributed by atoms with van der Waals surface area (Å²) in [5.74, 6) is 0.162. The van der Waals surface area contributed by atoms with Gasteiger partial charge < -0.3 is 20.6 Å². The molecular formula is C17H27NO4. The standard InChI is InChI=1S/C17H27NO4/c19-11-5-3-1-2-4-6-17(22)18-15(13-20)12-14-7-9-16(21)10-8-14/h7-10,15,19-21H,1-6,11-13H2,(H,18,22)/t15-/m1/s1. The molecule has 1 amide bonds. The number of carbonyl (C=O) groups is 1. The third-order valence-electron chi connectivity index (χ3n) is 3.57. The highest BCUT2D eigenvalue weighted by Gasteiger charge is 2.12. The molecule has 0 fully saturated rings. The summed E-state index contributed by atoms with van der Waals surface area (Å²) in [5.41, 5.74) is 0.959. The lowest BCUT2D eigenvalue weighted by atomic mass is 10.1. The van der Waals surface area contributed by atoms with Gasteiger partial charge >= 0.3 is 0 Å². The van der Waals surface area contributed by atoms with Crippen molar-refractivity contribution in [3.05, 3.63) is 29.8 Å². The van der Waals surface area contributed by atoms with Crippen LogP contribution in [0.15, 0.2) is 24.3 Å². The van der Waals surface area contributed by atoms with Crippen molar-refractivity contribution in [1.29, 1.82) is 0 Å². The summed E-state index contributed by atoms with van der Waals surface area (Å²) in [7, 11) is 0. The Hall–Kier alpha value is -1.59. The Morgan fingerprint density at radius 2 is 1.64 bits per heavy atom. The van der Waals surface area contributed by atoms with Gasteiger partial charge in [0, 0.05) is 13.0 Å². The number of aromatic hydroxyl groups is 1. The van der Waals surface area contributed by atoms with Gasteiger partial charge in [-0.25, -0.2) is 0 Å². The number of rotatable bonds is 11. The van der Waals surface area contributed by atoms with E-state index in [2.05, 4.69) is 5.32 Å². The van der Waals surface area contributed by atoms with Crippen LogP contribution in [0.1, 0.15) is 44.1 Å². The van der Waals surface area contributed by atoms with Crippen LogP contribution in [-0.2, 0) is 11.2 Å². The number of benzene rings is 1. The number of amides is 1. The summed E-state index contributed by atoms with van der Waals surface area (Å²) >= 11 is 0. The molecule has 0 aliphatic carbocycles. The number of hydrogen-bond donors (Lipinski definition) is 4. The number of unbranched alkanes of at least 4 members (excludes halogenated alkanes) is 4. The van der Waals surface area contributed by atoms with Crippen molar-refractivity contribution >= 4 is 5.91 Å². The summed E-state index contributed by atoms with van der Waals surface area (Å²) in [6.45, 7) is 0.124. The number of hydrogen-bond acceptors (Lipinski definition) is 4. The van der Waals surface area contributed by atoms with E-state index >= 15 is 0 Å². The molecule has 4 N–H and O–H groups in total. The summed E-state index contributed by atoms with van der Waals surface area (Å²) in [4.78, 5) is 11.8. The number of carbonyl (C=O) groups excluding carboxylic acids is 1. The third kappa shape index (κ3) is 8.00. The number of phenols is 1. The van der Waals surface area contributed by atoms with E-state index in [9.17, 15) is 15.0 Å². The van der Waals surface area contributed by atoms with Gasteiger partial charge in [-0.1, -0.05) is 31.4 Å². The maximum absolute atomic E-state index is 11.8. The minimum Gasteiger partial charge on any atom is -0.508 e. The maximum atomic E-state index is 11.8. The van der Waals surface area contributed by atoms with Crippen LogP contribution < -0.4 is 5.32 Å². The van der Waals surface area contributed by atoms with Gasteiger partial charge in [-0.3, -0.25) is 4.79 Å². The van der Waals surface area contributed by atoms with Gasteiger partial charge in [-0.15, -0.1) is 0 Å². The molecule has 0 aromatic heterocycles. The molecule has 0 saturated carbocycles. The molecule has 1 aromatic rings. The van der Waals surface area contributed by atoms with Gasteiger partial charge in [0.1, 0.15) is 5.75 Å². The molecule has 1 atom stereocenters. The molecule has 0 unspecified atom stereocenters. The highest BCUT2D eigenvalue weighted by Crippen LogP contribution is 2.11. The quantitative estimate of drug-likeness (QED) is 0.469. The molecule has 0 heterocycles. The van der Waals surface area contributed by atoms with E-state index in [1.165, 1.54) is 0 Å². The van der Waals surface area contributed by atoms with Crippen molar-refractivity contribution in [1.82, 2.24) is 5.32 Å². The van der Waals surface area contributed by atoms with Crippen LogP contribution in [-0.4, -0.2) is 40.5 Å². The first-order valence-corrected chi connectivity index (χ1v) is 7.94. The second-order valence-electron chi connectivity index (χ2n) is 5.56. The van der Waals surface area contributed by atoms with Crippen LogP contribution >= 0.6 is 0 Å². The zero-order valence-electron chi connectivity index (χ0n) is 13.0. The average molecular weight is 309 g/mol. The predicted octanol–water partition coefficient (Wildman–Crippen LogP) is 1.74. The van der Waals surface area contributed by atoms with Crippen LogP contribution in [0, 0.1) is 0 Å². The lowest BCUT2D eigenvalue weighted by molar-refractivity contribution is -0.122.